The van der Waals surface area contributed by atoms with Gasteiger partial charge < -0.3 is 15.4 Å². The maximum atomic E-state index is 12.0. The summed E-state index contributed by atoms with van der Waals surface area (Å²) in [6.07, 6.45) is 1.54. The number of benzene rings is 1. The van der Waals surface area contributed by atoms with Gasteiger partial charge in [-0.1, -0.05) is 24.3 Å². The standard InChI is InChI=1S/C19H29N3O2.2ClH/c1-14-11-22(12-15(2)24-14)13-17-5-3-16(4-6-17)9-21-19(23)18-7-8-20-10-18;;/h3-6,14-15,18,20H,7-13H2,1-2H3,(H,21,23);2*1H. The van der Waals surface area contributed by atoms with Crippen molar-refractivity contribution in [3.63, 3.8) is 0 Å². The van der Waals surface area contributed by atoms with Gasteiger partial charge in [0.15, 0.2) is 0 Å². The molecule has 1 aromatic rings. The van der Waals surface area contributed by atoms with Crippen LogP contribution in [0, 0.1) is 5.92 Å². The van der Waals surface area contributed by atoms with E-state index in [-0.39, 0.29) is 36.6 Å². The molecule has 0 aromatic heterocycles. The van der Waals surface area contributed by atoms with Crippen LogP contribution < -0.4 is 10.6 Å². The fourth-order valence-corrected chi connectivity index (χ4v) is 3.65. The van der Waals surface area contributed by atoms with E-state index in [1.165, 1.54) is 5.56 Å². The van der Waals surface area contributed by atoms with Crippen molar-refractivity contribution in [3.05, 3.63) is 35.4 Å². The van der Waals surface area contributed by atoms with E-state index >= 15 is 0 Å². The average molecular weight is 404 g/mol. The Morgan fingerprint density at radius 2 is 1.77 bits per heavy atom. The first-order valence-electron chi connectivity index (χ1n) is 9.04. The molecule has 1 aromatic carbocycles. The first kappa shape index (κ1) is 23.2. The van der Waals surface area contributed by atoms with E-state index in [1.807, 2.05) is 0 Å². The molecule has 0 spiro atoms. The van der Waals surface area contributed by atoms with E-state index in [4.69, 9.17) is 4.74 Å². The fourth-order valence-electron chi connectivity index (χ4n) is 3.65. The number of rotatable bonds is 5. The highest BCUT2D eigenvalue weighted by atomic mass is 35.5. The average Bonchev–Trinajstić information content (AvgIpc) is 3.07. The molecule has 2 heterocycles. The highest BCUT2D eigenvalue weighted by molar-refractivity contribution is 5.85. The first-order chi connectivity index (χ1) is 11.6. The van der Waals surface area contributed by atoms with E-state index in [9.17, 15) is 4.79 Å². The minimum absolute atomic E-state index is 0. The Bertz CT molecular complexity index is 540. The van der Waals surface area contributed by atoms with Crippen molar-refractivity contribution in [2.75, 3.05) is 26.2 Å². The summed E-state index contributed by atoms with van der Waals surface area (Å²) in [5.41, 5.74) is 2.47. The van der Waals surface area contributed by atoms with Gasteiger partial charge in [-0.05, 0) is 37.9 Å². The highest BCUT2D eigenvalue weighted by Crippen LogP contribution is 2.15. The number of morpholine rings is 1. The summed E-state index contributed by atoms with van der Waals surface area (Å²) in [5, 5.41) is 6.28. The Balaban J connectivity index is 0.00000169. The molecule has 0 bridgehead atoms. The Labute approximate surface area is 169 Å². The predicted octanol–water partition coefficient (Wildman–Crippen LogP) is 2.37. The lowest BCUT2D eigenvalue weighted by atomic mass is 10.1. The second-order valence-corrected chi connectivity index (χ2v) is 7.18. The maximum absolute atomic E-state index is 12.0. The van der Waals surface area contributed by atoms with Gasteiger partial charge in [0, 0.05) is 32.7 Å². The molecule has 2 fully saturated rings. The van der Waals surface area contributed by atoms with Crippen molar-refractivity contribution in [2.45, 2.75) is 45.6 Å². The van der Waals surface area contributed by atoms with Crippen molar-refractivity contribution < 1.29 is 9.53 Å². The van der Waals surface area contributed by atoms with Gasteiger partial charge in [-0.25, -0.2) is 0 Å². The summed E-state index contributed by atoms with van der Waals surface area (Å²) in [6.45, 7) is 9.56. The van der Waals surface area contributed by atoms with Crippen LogP contribution in [0.1, 0.15) is 31.4 Å². The highest BCUT2D eigenvalue weighted by Gasteiger charge is 2.23. The SMILES string of the molecule is CC1CN(Cc2ccc(CNC(=O)C3CCNC3)cc2)CC(C)O1.Cl.Cl. The maximum Gasteiger partial charge on any atom is 0.224 e. The molecule has 26 heavy (non-hydrogen) atoms. The lowest BCUT2D eigenvalue weighted by Crippen LogP contribution is -2.44. The number of amides is 1. The number of nitrogens with one attached hydrogen (secondary N) is 2. The molecule has 2 aliphatic heterocycles. The molecule has 0 saturated carbocycles. The molecule has 5 nitrogen and oxygen atoms in total. The van der Waals surface area contributed by atoms with Crippen LogP contribution in [0.4, 0.5) is 0 Å². The summed E-state index contributed by atoms with van der Waals surface area (Å²) >= 11 is 0. The summed E-state index contributed by atoms with van der Waals surface area (Å²) in [7, 11) is 0. The zero-order valence-corrected chi connectivity index (χ0v) is 17.2. The van der Waals surface area contributed by atoms with Gasteiger partial charge in [0.2, 0.25) is 5.91 Å². The fraction of sp³-hybridized carbons (Fsp3) is 0.632. The summed E-state index contributed by atoms with van der Waals surface area (Å²) < 4.78 is 5.78. The van der Waals surface area contributed by atoms with Crippen LogP contribution in [-0.4, -0.2) is 49.2 Å². The largest absolute Gasteiger partial charge is 0.373 e. The number of hydrogen-bond donors (Lipinski definition) is 2. The molecule has 3 atom stereocenters. The molecular weight excluding hydrogens is 373 g/mol. The van der Waals surface area contributed by atoms with Crippen molar-refractivity contribution in [3.8, 4) is 0 Å². The monoisotopic (exact) mass is 403 g/mol. The molecule has 2 N–H and O–H groups in total. The third kappa shape index (κ3) is 6.71. The third-order valence-electron chi connectivity index (χ3n) is 4.82. The van der Waals surface area contributed by atoms with E-state index in [0.29, 0.717) is 18.8 Å². The van der Waals surface area contributed by atoms with Gasteiger partial charge in [-0.3, -0.25) is 9.69 Å². The zero-order valence-electron chi connectivity index (χ0n) is 15.6. The smallest absolute Gasteiger partial charge is 0.224 e. The predicted molar refractivity (Wildman–Crippen MR) is 109 cm³/mol. The Morgan fingerprint density at radius 3 is 2.35 bits per heavy atom. The van der Waals surface area contributed by atoms with E-state index in [2.05, 4.69) is 53.6 Å². The molecule has 3 rings (SSSR count). The zero-order chi connectivity index (χ0) is 16.9. The first-order valence-corrected chi connectivity index (χ1v) is 9.04. The molecule has 3 unspecified atom stereocenters. The van der Waals surface area contributed by atoms with E-state index < -0.39 is 0 Å². The summed E-state index contributed by atoms with van der Waals surface area (Å²) in [5.74, 6) is 0.301. The van der Waals surface area contributed by atoms with Gasteiger partial charge in [0.25, 0.3) is 0 Å². The molecular formula is C19H31Cl2N3O2. The number of hydrogen-bond acceptors (Lipinski definition) is 4. The van der Waals surface area contributed by atoms with Crippen LogP contribution >= 0.6 is 24.8 Å². The minimum Gasteiger partial charge on any atom is -0.373 e. The van der Waals surface area contributed by atoms with Gasteiger partial charge >= 0.3 is 0 Å². The van der Waals surface area contributed by atoms with Crippen LogP contribution in [0.25, 0.3) is 0 Å². The molecule has 0 radical (unpaired) electrons. The molecule has 2 saturated heterocycles. The van der Waals surface area contributed by atoms with Crippen molar-refractivity contribution in [2.24, 2.45) is 5.92 Å². The van der Waals surface area contributed by atoms with Crippen LogP contribution in [0.2, 0.25) is 0 Å². The normalized spacial score (nSPS) is 25.8. The minimum atomic E-state index is 0. The van der Waals surface area contributed by atoms with Crippen LogP contribution in [0.15, 0.2) is 24.3 Å². The number of halogens is 2. The quantitative estimate of drug-likeness (QED) is 0.791. The van der Waals surface area contributed by atoms with Crippen LogP contribution in [-0.2, 0) is 22.6 Å². The van der Waals surface area contributed by atoms with Crippen molar-refractivity contribution in [1.82, 2.24) is 15.5 Å². The molecule has 2 aliphatic rings. The molecule has 7 heteroatoms. The number of ether oxygens (including phenoxy) is 1. The molecule has 1 amide bonds. The Hall–Kier alpha value is -0.850. The summed E-state index contributed by atoms with van der Waals surface area (Å²) in [4.78, 5) is 14.5. The lowest BCUT2D eigenvalue weighted by molar-refractivity contribution is -0.124. The molecule has 148 valence electrons. The third-order valence-corrected chi connectivity index (χ3v) is 4.82. The van der Waals surface area contributed by atoms with E-state index in [1.54, 1.807) is 0 Å². The van der Waals surface area contributed by atoms with Gasteiger partial charge in [-0.15, -0.1) is 24.8 Å². The summed E-state index contributed by atoms with van der Waals surface area (Å²) in [6, 6.07) is 8.58. The number of carbonyl (C=O) groups is 1. The number of carbonyl (C=O) groups excluding carboxylic acids is 1. The van der Waals surface area contributed by atoms with Crippen molar-refractivity contribution >= 4 is 30.7 Å². The van der Waals surface area contributed by atoms with Gasteiger partial charge in [0.1, 0.15) is 0 Å². The Kier molecular flexibility index (Phi) is 9.90. The van der Waals surface area contributed by atoms with Gasteiger partial charge in [0.05, 0.1) is 18.1 Å². The van der Waals surface area contributed by atoms with Gasteiger partial charge in [-0.2, -0.15) is 0 Å². The topological polar surface area (TPSA) is 53.6 Å². The van der Waals surface area contributed by atoms with Crippen LogP contribution in [0.3, 0.4) is 0 Å². The van der Waals surface area contributed by atoms with Crippen molar-refractivity contribution in [1.29, 1.82) is 0 Å². The Morgan fingerprint density at radius 1 is 1.15 bits per heavy atom. The number of nitrogens with zero attached hydrogens (tertiary/aromatic N) is 1. The second-order valence-electron chi connectivity index (χ2n) is 7.18. The van der Waals surface area contributed by atoms with E-state index in [0.717, 1.165) is 44.7 Å². The molecule has 0 aliphatic carbocycles. The second kappa shape index (κ2) is 11.1. The lowest BCUT2D eigenvalue weighted by Gasteiger charge is -2.35. The van der Waals surface area contributed by atoms with Crippen LogP contribution in [0.5, 0.6) is 0 Å².